The number of amides is 3. The predicted molar refractivity (Wildman–Crippen MR) is 92.0 cm³/mol. The number of rotatable bonds is 5. The molecule has 0 saturated carbocycles. The third-order valence-corrected chi connectivity index (χ3v) is 4.16. The van der Waals surface area contributed by atoms with E-state index < -0.39 is 12.1 Å². The Kier molecular flexibility index (Phi) is 5.28. The molecule has 0 bridgehead atoms. The zero-order valence-corrected chi connectivity index (χ0v) is 13.7. The van der Waals surface area contributed by atoms with Gasteiger partial charge in [0.25, 0.3) is 0 Å². The molecular formula is C19H20FN3O2. The number of nitrogens with one attached hydrogen (secondary N) is 2. The third kappa shape index (κ3) is 4.56. The molecule has 1 aliphatic rings. The number of urea groups is 1. The van der Waals surface area contributed by atoms with Crippen molar-refractivity contribution in [3.8, 4) is 0 Å². The van der Waals surface area contributed by atoms with Crippen LogP contribution >= 0.6 is 0 Å². The maximum Gasteiger partial charge on any atom is 0.315 e. The lowest BCUT2D eigenvalue weighted by molar-refractivity contribution is -0.129. The van der Waals surface area contributed by atoms with Crippen LogP contribution < -0.4 is 10.6 Å². The van der Waals surface area contributed by atoms with Crippen molar-refractivity contribution >= 4 is 11.9 Å². The Balaban J connectivity index is 1.48. The van der Waals surface area contributed by atoms with Gasteiger partial charge in [0.2, 0.25) is 5.91 Å². The topological polar surface area (TPSA) is 61.4 Å². The van der Waals surface area contributed by atoms with E-state index in [1.165, 1.54) is 12.1 Å². The van der Waals surface area contributed by atoms with E-state index in [0.29, 0.717) is 25.1 Å². The van der Waals surface area contributed by atoms with E-state index in [-0.39, 0.29) is 18.3 Å². The van der Waals surface area contributed by atoms with Crippen molar-refractivity contribution in [2.75, 3.05) is 6.54 Å². The van der Waals surface area contributed by atoms with Gasteiger partial charge in [0, 0.05) is 19.6 Å². The predicted octanol–water partition coefficient (Wildman–Crippen LogP) is 2.43. The van der Waals surface area contributed by atoms with Crippen molar-refractivity contribution in [2.24, 2.45) is 0 Å². The first-order chi connectivity index (χ1) is 12.1. The van der Waals surface area contributed by atoms with Crippen LogP contribution in [0.1, 0.15) is 17.5 Å². The Bertz CT molecular complexity index is 751. The van der Waals surface area contributed by atoms with Crippen molar-refractivity contribution < 1.29 is 14.0 Å². The number of likely N-dealkylation sites (tertiary alicyclic amines) is 1. The first kappa shape index (κ1) is 17.0. The fourth-order valence-corrected chi connectivity index (χ4v) is 2.87. The highest BCUT2D eigenvalue weighted by molar-refractivity contribution is 5.88. The molecule has 3 amide bonds. The standard InChI is InChI=1S/C19H20FN3O2/c20-16-8-4-7-15(11-16)12-21-19(25)22-17-9-10-23(18(17)24)13-14-5-2-1-3-6-14/h1-8,11,17H,9-10,12-13H2,(H2,21,22,25)/t17-/m0/s1. The second-order valence-corrected chi connectivity index (χ2v) is 6.04. The van der Waals surface area contributed by atoms with Crippen LogP contribution in [0.2, 0.25) is 0 Å². The summed E-state index contributed by atoms with van der Waals surface area (Å²) in [5, 5.41) is 5.34. The van der Waals surface area contributed by atoms with Gasteiger partial charge in [-0.1, -0.05) is 42.5 Å². The van der Waals surface area contributed by atoms with E-state index in [0.717, 1.165) is 5.56 Å². The van der Waals surface area contributed by atoms with E-state index in [4.69, 9.17) is 0 Å². The van der Waals surface area contributed by atoms with E-state index in [1.54, 1.807) is 17.0 Å². The van der Waals surface area contributed by atoms with Crippen molar-refractivity contribution in [1.29, 1.82) is 0 Å². The number of benzene rings is 2. The quantitative estimate of drug-likeness (QED) is 0.877. The Labute approximate surface area is 145 Å². The van der Waals surface area contributed by atoms with Gasteiger partial charge in [-0.25, -0.2) is 9.18 Å². The first-order valence-electron chi connectivity index (χ1n) is 8.23. The summed E-state index contributed by atoms with van der Waals surface area (Å²) >= 11 is 0. The summed E-state index contributed by atoms with van der Waals surface area (Å²) in [6.45, 7) is 1.36. The molecule has 6 heteroatoms. The zero-order valence-electron chi connectivity index (χ0n) is 13.7. The van der Waals surface area contributed by atoms with Gasteiger partial charge in [-0.3, -0.25) is 4.79 Å². The monoisotopic (exact) mass is 341 g/mol. The first-order valence-corrected chi connectivity index (χ1v) is 8.23. The van der Waals surface area contributed by atoms with E-state index in [1.807, 2.05) is 30.3 Å². The number of hydrogen-bond acceptors (Lipinski definition) is 2. The van der Waals surface area contributed by atoms with Crippen LogP contribution in [0, 0.1) is 5.82 Å². The molecule has 2 aromatic carbocycles. The average molecular weight is 341 g/mol. The highest BCUT2D eigenvalue weighted by atomic mass is 19.1. The molecule has 0 radical (unpaired) electrons. The Hall–Kier alpha value is -2.89. The van der Waals surface area contributed by atoms with Crippen LogP contribution in [-0.4, -0.2) is 29.4 Å². The molecule has 25 heavy (non-hydrogen) atoms. The minimum absolute atomic E-state index is 0.0789. The summed E-state index contributed by atoms with van der Waals surface area (Å²) in [4.78, 5) is 26.1. The molecule has 1 atom stereocenters. The Morgan fingerprint density at radius 1 is 1.12 bits per heavy atom. The van der Waals surface area contributed by atoms with Crippen LogP contribution in [0.5, 0.6) is 0 Å². The van der Waals surface area contributed by atoms with Crippen molar-refractivity contribution in [3.63, 3.8) is 0 Å². The summed E-state index contributed by atoms with van der Waals surface area (Å²) < 4.78 is 13.1. The van der Waals surface area contributed by atoms with Crippen LogP contribution in [0.15, 0.2) is 54.6 Å². The van der Waals surface area contributed by atoms with Gasteiger partial charge in [0.05, 0.1) is 0 Å². The summed E-state index contributed by atoms with van der Waals surface area (Å²) in [5.74, 6) is -0.424. The van der Waals surface area contributed by atoms with Crippen LogP contribution in [0.4, 0.5) is 9.18 Å². The maximum absolute atomic E-state index is 13.1. The SMILES string of the molecule is O=C(NCc1cccc(F)c1)N[C@H]1CCN(Cc2ccccc2)C1=O. The number of nitrogens with zero attached hydrogens (tertiary/aromatic N) is 1. The lowest BCUT2D eigenvalue weighted by atomic mass is 10.2. The lowest BCUT2D eigenvalue weighted by Gasteiger charge is -2.17. The minimum atomic E-state index is -0.517. The molecule has 3 rings (SSSR count). The van der Waals surface area contributed by atoms with E-state index in [9.17, 15) is 14.0 Å². The molecule has 0 aromatic heterocycles. The van der Waals surface area contributed by atoms with E-state index >= 15 is 0 Å². The summed E-state index contributed by atoms with van der Waals surface area (Å²) in [7, 11) is 0. The molecule has 1 fully saturated rings. The summed E-state index contributed by atoms with van der Waals surface area (Å²) in [6, 6.07) is 14.8. The molecule has 5 nitrogen and oxygen atoms in total. The maximum atomic E-state index is 13.1. The van der Waals surface area contributed by atoms with E-state index in [2.05, 4.69) is 10.6 Å². The highest BCUT2D eigenvalue weighted by Crippen LogP contribution is 2.15. The van der Waals surface area contributed by atoms with Gasteiger partial charge in [0.15, 0.2) is 0 Å². The lowest BCUT2D eigenvalue weighted by Crippen LogP contribution is -2.45. The van der Waals surface area contributed by atoms with Crippen molar-refractivity contribution in [1.82, 2.24) is 15.5 Å². The van der Waals surface area contributed by atoms with Gasteiger partial charge in [0.1, 0.15) is 11.9 Å². The second-order valence-electron chi connectivity index (χ2n) is 6.04. The Morgan fingerprint density at radius 2 is 1.88 bits per heavy atom. The molecule has 0 spiro atoms. The van der Waals surface area contributed by atoms with Crippen LogP contribution in [0.3, 0.4) is 0 Å². The van der Waals surface area contributed by atoms with Crippen molar-refractivity contribution in [3.05, 3.63) is 71.5 Å². The molecule has 1 aliphatic heterocycles. The minimum Gasteiger partial charge on any atom is -0.336 e. The normalized spacial score (nSPS) is 16.8. The molecule has 1 saturated heterocycles. The van der Waals surface area contributed by atoms with Gasteiger partial charge in [-0.15, -0.1) is 0 Å². The second kappa shape index (κ2) is 7.79. The molecule has 2 N–H and O–H groups in total. The third-order valence-electron chi connectivity index (χ3n) is 4.16. The molecular weight excluding hydrogens is 321 g/mol. The Morgan fingerprint density at radius 3 is 2.64 bits per heavy atom. The summed E-state index contributed by atoms with van der Waals surface area (Å²) in [5.41, 5.74) is 1.73. The number of carbonyl (C=O) groups is 2. The van der Waals surface area contributed by atoms with Gasteiger partial charge < -0.3 is 15.5 Å². The summed E-state index contributed by atoms with van der Waals surface area (Å²) in [6.07, 6.45) is 0.582. The highest BCUT2D eigenvalue weighted by Gasteiger charge is 2.32. The van der Waals surface area contributed by atoms with Gasteiger partial charge >= 0.3 is 6.03 Å². The fraction of sp³-hybridized carbons (Fsp3) is 0.263. The van der Waals surface area contributed by atoms with Crippen LogP contribution in [-0.2, 0) is 17.9 Å². The number of carbonyl (C=O) groups excluding carboxylic acids is 2. The number of hydrogen-bond donors (Lipinski definition) is 2. The smallest absolute Gasteiger partial charge is 0.315 e. The average Bonchev–Trinajstić information content (AvgIpc) is 2.94. The molecule has 0 unspecified atom stereocenters. The largest absolute Gasteiger partial charge is 0.336 e. The van der Waals surface area contributed by atoms with Crippen LogP contribution in [0.25, 0.3) is 0 Å². The molecule has 0 aliphatic carbocycles. The fourth-order valence-electron chi connectivity index (χ4n) is 2.87. The molecule has 1 heterocycles. The zero-order chi connectivity index (χ0) is 17.6. The van der Waals surface area contributed by atoms with Gasteiger partial charge in [-0.05, 0) is 29.7 Å². The van der Waals surface area contributed by atoms with Crippen molar-refractivity contribution in [2.45, 2.75) is 25.6 Å². The molecule has 130 valence electrons. The molecule has 2 aromatic rings. The van der Waals surface area contributed by atoms with Gasteiger partial charge in [-0.2, -0.15) is 0 Å². The number of halogens is 1.